The molecular weight excluding hydrogens is 278 g/mol. The first-order valence-electron chi connectivity index (χ1n) is 6.09. The highest BCUT2D eigenvalue weighted by Gasteiger charge is 2.22. The number of rotatable bonds is 6. The van der Waals surface area contributed by atoms with E-state index in [0.29, 0.717) is 17.6 Å². The molecule has 0 bridgehead atoms. The third kappa shape index (κ3) is 3.11. The number of amides is 1. The van der Waals surface area contributed by atoms with Gasteiger partial charge in [0.2, 0.25) is 0 Å². The number of carboxylic acids is 1. The Morgan fingerprint density at radius 2 is 2.20 bits per heavy atom. The van der Waals surface area contributed by atoms with Crippen LogP contribution < -0.4 is 5.32 Å². The lowest BCUT2D eigenvalue weighted by Crippen LogP contribution is -2.41. The van der Waals surface area contributed by atoms with E-state index in [1.807, 2.05) is 18.4 Å². The molecule has 7 heteroatoms. The first-order chi connectivity index (χ1) is 9.63. The number of fused-ring (bicyclic) bond motifs is 1. The summed E-state index contributed by atoms with van der Waals surface area (Å²) < 4.78 is 0. The Hall–Kier alpha value is -2.02. The number of nitrogens with one attached hydrogen (secondary N) is 2. The topological polar surface area (TPSA) is 95.1 Å². The van der Waals surface area contributed by atoms with Gasteiger partial charge in [0.1, 0.15) is 6.04 Å². The highest BCUT2D eigenvalue weighted by Crippen LogP contribution is 2.15. The maximum Gasteiger partial charge on any atom is 0.326 e. The van der Waals surface area contributed by atoms with Crippen LogP contribution in [0.2, 0.25) is 0 Å². The predicted octanol–water partition coefficient (Wildman–Crippen LogP) is 1.50. The van der Waals surface area contributed by atoms with Crippen LogP contribution in [0.4, 0.5) is 0 Å². The molecule has 106 valence electrons. The van der Waals surface area contributed by atoms with Crippen LogP contribution >= 0.6 is 11.8 Å². The Morgan fingerprint density at radius 1 is 1.45 bits per heavy atom. The summed E-state index contributed by atoms with van der Waals surface area (Å²) in [6.07, 6.45) is 2.27. The van der Waals surface area contributed by atoms with E-state index in [1.54, 1.807) is 12.1 Å². The van der Waals surface area contributed by atoms with Crippen molar-refractivity contribution in [2.45, 2.75) is 12.5 Å². The summed E-state index contributed by atoms with van der Waals surface area (Å²) in [7, 11) is 0. The van der Waals surface area contributed by atoms with Gasteiger partial charge >= 0.3 is 5.97 Å². The van der Waals surface area contributed by atoms with Gasteiger partial charge in [0, 0.05) is 5.39 Å². The van der Waals surface area contributed by atoms with E-state index in [4.69, 9.17) is 5.11 Å². The number of benzene rings is 1. The molecule has 0 saturated heterocycles. The number of H-pyrrole nitrogens is 1. The maximum atomic E-state index is 12.1. The van der Waals surface area contributed by atoms with Crippen molar-refractivity contribution in [2.24, 2.45) is 0 Å². The van der Waals surface area contributed by atoms with Crippen LogP contribution in [0, 0.1) is 0 Å². The van der Waals surface area contributed by atoms with Crippen LogP contribution in [-0.4, -0.2) is 45.2 Å². The lowest BCUT2D eigenvalue weighted by Gasteiger charge is -2.12. The van der Waals surface area contributed by atoms with Crippen molar-refractivity contribution in [3.63, 3.8) is 0 Å². The SMILES string of the molecule is CSCC[C@H](NC(=O)c1n[nH]c2ccccc12)C(=O)O. The minimum absolute atomic E-state index is 0.219. The molecule has 6 nitrogen and oxygen atoms in total. The third-order valence-corrected chi connectivity index (χ3v) is 3.54. The summed E-state index contributed by atoms with van der Waals surface area (Å²) in [5, 5.41) is 19.0. The normalized spacial score (nSPS) is 12.2. The van der Waals surface area contributed by atoms with E-state index >= 15 is 0 Å². The molecule has 0 aliphatic carbocycles. The van der Waals surface area contributed by atoms with Crippen LogP contribution in [0.25, 0.3) is 10.9 Å². The van der Waals surface area contributed by atoms with Gasteiger partial charge in [-0.2, -0.15) is 16.9 Å². The van der Waals surface area contributed by atoms with E-state index in [2.05, 4.69) is 15.5 Å². The Bertz CT molecular complexity index is 626. The second-order valence-corrected chi connectivity index (χ2v) is 5.25. The molecule has 0 aliphatic rings. The van der Waals surface area contributed by atoms with Crippen molar-refractivity contribution >= 4 is 34.5 Å². The Morgan fingerprint density at radius 3 is 2.90 bits per heavy atom. The molecule has 1 atom stereocenters. The average Bonchev–Trinajstić information content (AvgIpc) is 2.87. The van der Waals surface area contributed by atoms with E-state index in [0.717, 1.165) is 5.52 Å². The molecule has 0 unspecified atom stereocenters. The van der Waals surface area contributed by atoms with Crippen LogP contribution in [0.15, 0.2) is 24.3 Å². The quantitative estimate of drug-likeness (QED) is 0.750. The van der Waals surface area contributed by atoms with Gasteiger partial charge in [-0.1, -0.05) is 18.2 Å². The molecule has 1 heterocycles. The first-order valence-corrected chi connectivity index (χ1v) is 7.48. The van der Waals surface area contributed by atoms with Crippen molar-refractivity contribution in [1.82, 2.24) is 15.5 Å². The predicted molar refractivity (Wildman–Crippen MR) is 78.0 cm³/mol. The number of hydrogen-bond donors (Lipinski definition) is 3. The van der Waals surface area contributed by atoms with Gasteiger partial charge in [0.15, 0.2) is 5.69 Å². The number of aromatic amines is 1. The van der Waals surface area contributed by atoms with Gasteiger partial charge in [-0.3, -0.25) is 9.89 Å². The number of nitrogens with zero attached hydrogens (tertiary/aromatic N) is 1. The van der Waals surface area contributed by atoms with Crippen molar-refractivity contribution in [2.75, 3.05) is 12.0 Å². The molecule has 0 saturated carbocycles. The highest BCUT2D eigenvalue weighted by molar-refractivity contribution is 7.98. The zero-order valence-electron chi connectivity index (χ0n) is 10.9. The fraction of sp³-hybridized carbons (Fsp3) is 0.308. The number of carbonyl (C=O) groups excluding carboxylic acids is 1. The lowest BCUT2D eigenvalue weighted by atomic mass is 10.2. The largest absolute Gasteiger partial charge is 0.480 e. The molecule has 1 amide bonds. The monoisotopic (exact) mass is 293 g/mol. The fourth-order valence-electron chi connectivity index (χ4n) is 1.86. The van der Waals surface area contributed by atoms with Gasteiger partial charge in [-0.25, -0.2) is 4.79 Å². The fourth-order valence-corrected chi connectivity index (χ4v) is 2.33. The highest BCUT2D eigenvalue weighted by atomic mass is 32.2. The van der Waals surface area contributed by atoms with Gasteiger partial charge < -0.3 is 10.4 Å². The van der Waals surface area contributed by atoms with Crippen LogP contribution in [0.5, 0.6) is 0 Å². The number of carbonyl (C=O) groups is 2. The van der Waals surface area contributed by atoms with E-state index < -0.39 is 17.9 Å². The standard InChI is InChI=1S/C13H15N3O3S/c1-20-7-6-10(13(18)19)14-12(17)11-8-4-2-3-5-9(8)15-16-11/h2-5,10H,6-7H2,1H3,(H,14,17)(H,15,16)(H,18,19)/t10-/m0/s1. The second-order valence-electron chi connectivity index (χ2n) is 4.26. The molecule has 0 aliphatic heterocycles. The number of para-hydroxylation sites is 1. The van der Waals surface area contributed by atoms with E-state index in [1.165, 1.54) is 11.8 Å². The van der Waals surface area contributed by atoms with E-state index in [9.17, 15) is 9.59 Å². The van der Waals surface area contributed by atoms with Gasteiger partial charge in [0.25, 0.3) is 5.91 Å². The number of aromatic nitrogens is 2. The molecule has 0 spiro atoms. The Kier molecular flexibility index (Phi) is 4.62. The van der Waals surface area contributed by atoms with Gasteiger partial charge in [-0.15, -0.1) is 0 Å². The summed E-state index contributed by atoms with van der Waals surface area (Å²) in [5.41, 5.74) is 0.963. The number of thioether (sulfide) groups is 1. The van der Waals surface area contributed by atoms with Crippen LogP contribution in [0.1, 0.15) is 16.9 Å². The maximum absolute atomic E-state index is 12.1. The summed E-state index contributed by atoms with van der Waals surface area (Å²) in [6, 6.07) is 6.32. The first kappa shape index (κ1) is 14.4. The van der Waals surface area contributed by atoms with Gasteiger partial charge in [-0.05, 0) is 24.5 Å². The Labute approximate surface area is 119 Å². The summed E-state index contributed by atoms with van der Waals surface area (Å²) >= 11 is 1.54. The molecule has 2 rings (SSSR count). The lowest BCUT2D eigenvalue weighted by molar-refractivity contribution is -0.139. The minimum Gasteiger partial charge on any atom is -0.480 e. The molecule has 20 heavy (non-hydrogen) atoms. The van der Waals surface area contributed by atoms with Crippen LogP contribution in [0.3, 0.4) is 0 Å². The minimum atomic E-state index is -1.03. The molecule has 1 aromatic carbocycles. The Balaban J connectivity index is 2.16. The molecule has 3 N–H and O–H groups in total. The van der Waals surface area contributed by atoms with E-state index in [-0.39, 0.29) is 5.69 Å². The number of carboxylic acid groups (broad SMARTS) is 1. The van der Waals surface area contributed by atoms with Crippen molar-refractivity contribution in [3.8, 4) is 0 Å². The molecule has 0 radical (unpaired) electrons. The zero-order chi connectivity index (χ0) is 14.5. The van der Waals surface area contributed by atoms with Crippen LogP contribution in [-0.2, 0) is 4.79 Å². The molecule has 0 fully saturated rings. The smallest absolute Gasteiger partial charge is 0.326 e. The average molecular weight is 293 g/mol. The summed E-state index contributed by atoms with van der Waals surface area (Å²) in [6.45, 7) is 0. The van der Waals surface area contributed by atoms with Crippen molar-refractivity contribution in [3.05, 3.63) is 30.0 Å². The molecule has 1 aromatic heterocycles. The molecular formula is C13H15N3O3S. The number of aliphatic carboxylic acids is 1. The molecule has 2 aromatic rings. The summed E-state index contributed by atoms with van der Waals surface area (Å²) in [4.78, 5) is 23.3. The summed E-state index contributed by atoms with van der Waals surface area (Å²) in [5.74, 6) is -0.846. The van der Waals surface area contributed by atoms with Gasteiger partial charge in [0.05, 0.1) is 5.52 Å². The number of hydrogen-bond acceptors (Lipinski definition) is 4. The van der Waals surface area contributed by atoms with Crippen molar-refractivity contribution < 1.29 is 14.7 Å². The van der Waals surface area contributed by atoms with Crippen molar-refractivity contribution in [1.29, 1.82) is 0 Å². The second kappa shape index (κ2) is 6.42. The third-order valence-electron chi connectivity index (χ3n) is 2.90. The zero-order valence-corrected chi connectivity index (χ0v) is 11.7.